The van der Waals surface area contributed by atoms with Crippen molar-refractivity contribution in [2.75, 3.05) is 18.4 Å². The topological polar surface area (TPSA) is 75.1 Å². The number of urea groups is 1. The van der Waals surface area contributed by atoms with Gasteiger partial charge in [0.15, 0.2) is 0 Å². The molecule has 4 heterocycles. The van der Waals surface area contributed by atoms with E-state index in [1.54, 1.807) is 11.1 Å². The van der Waals surface area contributed by atoms with Gasteiger partial charge in [-0.05, 0) is 18.6 Å². The third kappa shape index (κ3) is 2.79. The molecule has 2 aliphatic rings. The van der Waals surface area contributed by atoms with Crippen LogP contribution in [0.15, 0.2) is 18.5 Å². The number of carbonyl (C=O) groups excluding carboxylic acids is 1. The van der Waals surface area contributed by atoms with Crippen molar-refractivity contribution >= 4 is 11.7 Å². The Bertz CT molecular complexity index is 753. The van der Waals surface area contributed by atoms with Gasteiger partial charge < -0.3 is 20.1 Å². The Balaban J connectivity index is 1.46. The Labute approximate surface area is 134 Å². The number of fused-ring (bicyclic) bond motifs is 2. The molecule has 2 aromatic heterocycles. The first-order valence-electron chi connectivity index (χ1n) is 7.96. The number of rotatable bonds is 1. The molecular formula is C16H20N6O. The molecule has 7 heteroatoms. The standard InChI is InChI=1S/C16H20N6O/c1-11-9-21-4-5-22(10-15(21)19-11)16(23)20-13-6-12-7-17-3-2-14(12)18-8-13/h6,8-9,17H,2-5,7,10H2,1H3,(H,20,23). The van der Waals surface area contributed by atoms with Crippen molar-refractivity contribution in [2.24, 2.45) is 0 Å². The molecule has 0 unspecified atom stereocenters. The number of aromatic nitrogens is 3. The van der Waals surface area contributed by atoms with Crippen LogP contribution in [0.3, 0.4) is 0 Å². The van der Waals surface area contributed by atoms with Gasteiger partial charge in [0.1, 0.15) is 5.82 Å². The highest BCUT2D eigenvalue weighted by Crippen LogP contribution is 2.18. The highest BCUT2D eigenvalue weighted by atomic mass is 16.2. The van der Waals surface area contributed by atoms with Crippen LogP contribution in [0.1, 0.15) is 22.8 Å². The molecule has 0 atom stereocenters. The van der Waals surface area contributed by atoms with E-state index in [0.29, 0.717) is 13.1 Å². The van der Waals surface area contributed by atoms with E-state index in [1.807, 2.05) is 19.2 Å². The number of carbonyl (C=O) groups is 1. The van der Waals surface area contributed by atoms with Gasteiger partial charge >= 0.3 is 6.03 Å². The molecule has 0 saturated carbocycles. The van der Waals surface area contributed by atoms with Crippen molar-refractivity contribution < 1.29 is 4.79 Å². The van der Waals surface area contributed by atoms with Crippen LogP contribution in [-0.4, -0.2) is 38.6 Å². The molecule has 0 aromatic carbocycles. The highest BCUT2D eigenvalue weighted by Gasteiger charge is 2.22. The third-order valence-electron chi connectivity index (χ3n) is 4.38. The number of pyridine rings is 1. The molecule has 4 rings (SSSR count). The third-order valence-corrected chi connectivity index (χ3v) is 4.38. The van der Waals surface area contributed by atoms with Crippen LogP contribution in [0.4, 0.5) is 10.5 Å². The molecule has 0 saturated heterocycles. The maximum Gasteiger partial charge on any atom is 0.322 e. The second kappa shape index (κ2) is 5.66. The lowest BCUT2D eigenvalue weighted by atomic mass is 10.1. The fourth-order valence-electron chi connectivity index (χ4n) is 3.19. The summed E-state index contributed by atoms with van der Waals surface area (Å²) in [6.07, 6.45) is 4.72. The number of hydrogen-bond donors (Lipinski definition) is 2. The van der Waals surface area contributed by atoms with Crippen molar-refractivity contribution in [1.29, 1.82) is 0 Å². The van der Waals surface area contributed by atoms with Gasteiger partial charge in [-0.2, -0.15) is 0 Å². The summed E-state index contributed by atoms with van der Waals surface area (Å²) in [4.78, 5) is 23.2. The minimum Gasteiger partial charge on any atom is -0.331 e. The summed E-state index contributed by atoms with van der Waals surface area (Å²) in [5, 5.41) is 6.28. The minimum atomic E-state index is -0.0950. The zero-order valence-corrected chi connectivity index (χ0v) is 13.2. The smallest absolute Gasteiger partial charge is 0.322 e. The van der Waals surface area contributed by atoms with Crippen LogP contribution in [0, 0.1) is 6.92 Å². The molecule has 0 fully saturated rings. The molecule has 2 amide bonds. The lowest BCUT2D eigenvalue weighted by Crippen LogP contribution is -2.40. The predicted octanol–water partition coefficient (Wildman–Crippen LogP) is 1.28. The van der Waals surface area contributed by atoms with Crippen molar-refractivity contribution in [2.45, 2.75) is 33.0 Å². The molecule has 0 spiro atoms. The number of nitrogens with zero attached hydrogens (tertiary/aromatic N) is 4. The monoisotopic (exact) mass is 312 g/mol. The largest absolute Gasteiger partial charge is 0.331 e. The Morgan fingerprint density at radius 1 is 1.39 bits per heavy atom. The molecule has 23 heavy (non-hydrogen) atoms. The summed E-state index contributed by atoms with van der Waals surface area (Å²) >= 11 is 0. The van der Waals surface area contributed by atoms with Gasteiger partial charge in [0.25, 0.3) is 0 Å². The van der Waals surface area contributed by atoms with Gasteiger partial charge in [0.2, 0.25) is 0 Å². The van der Waals surface area contributed by atoms with Crippen LogP contribution >= 0.6 is 0 Å². The number of nitrogens with one attached hydrogen (secondary N) is 2. The van der Waals surface area contributed by atoms with Crippen molar-refractivity contribution in [1.82, 2.24) is 24.8 Å². The first-order chi connectivity index (χ1) is 11.2. The van der Waals surface area contributed by atoms with Gasteiger partial charge in [-0.1, -0.05) is 0 Å². The number of anilines is 1. The van der Waals surface area contributed by atoms with Gasteiger partial charge in [-0.3, -0.25) is 4.98 Å². The Kier molecular flexibility index (Phi) is 3.49. The second-order valence-electron chi connectivity index (χ2n) is 6.10. The van der Waals surface area contributed by atoms with Crippen LogP contribution in [0.25, 0.3) is 0 Å². The first-order valence-corrected chi connectivity index (χ1v) is 7.96. The highest BCUT2D eigenvalue weighted by molar-refractivity contribution is 5.89. The molecule has 0 bridgehead atoms. The van der Waals surface area contributed by atoms with E-state index in [0.717, 1.165) is 49.0 Å². The molecule has 2 N–H and O–H groups in total. The summed E-state index contributed by atoms with van der Waals surface area (Å²) in [7, 11) is 0. The van der Waals surface area contributed by atoms with E-state index >= 15 is 0 Å². The molecule has 0 aliphatic carbocycles. The van der Waals surface area contributed by atoms with Crippen molar-refractivity contribution in [3.8, 4) is 0 Å². The predicted molar refractivity (Wildman–Crippen MR) is 86.0 cm³/mol. The first kappa shape index (κ1) is 14.2. The van der Waals surface area contributed by atoms with E-state index < -0.39 is 0 Å². The molecule has 0 radical (unpaired) electrons. The summed E-state index contributed by atoms with van der Waals surface area (Å²) < 4.78 is 2.12. The minimum absolute atomic E-state index is 0.0950. The molecule has 2 aromatic rings. The van der Waals surface area contributed by atoms with Gasteiger partial charge in [0, 0.05) is 44.5 Å². The van der Waals surface area contributed by atoms with E-state index in [9.17, 15) is 4.79 Å². The average Bonchev–Trinajstić information content (AvgIpc) is 2.93. The zero-order chi connectivity index (χ0) is 15.8. The summed E-state index contributed by atoms with van der Waals surface area (Å²) in [5.41, 5.74) is 4.03. The van der Waals surface area contributed by atoms with E-state index in [1.165, 1.54) is 5.56 Å². The summed E-state index contributed by atoms with van der Waals surface area (Å²) in [6.45, 7) is 5.77. The Morgan fingerprint density at radius 3 is 3.22 bits per heavy atom. The maximum atomic E-state index is 12.5. The quantitative estimate of drug-likeness (QED) is 0.832. The fourth-order valence-corrected chi connectivity index (χ4v) is 3.19. The van der Waals surface area contributed by atoms with Gasteiger partial charge in [0.05, 0.1) is 24.1 Å². The van der Waals surface area contributed by atoms with Crippen LogP contribution < -0.4 is 10.6 Å². The van der Waals surface area contributed by atoms with E-state index in [4.69, 9.17) is 0 Å². The van der Waals surface area contributed by atoms with Gasteiger partial charge in [-0.25, -0.2) is 9.78 Å². The number of aryl methyl sites for hydroxylation is 1. The second-order valence-corrected chi connectivity index (χ2v) is 6.10. The fraction of sp³-hybridized carbons (Fsp3) is 0.438. The lowest BCUT2D eigenvalue weighted by molar-refractivity contribution is 0.195. The van der Waals surface area contributed by atoms with Crippen LogP contribution in [0.5, 0.6) is 0 Å². The SMILES string of the molecule is Cc1cn2c(n1)CN(C(=O)Nc1cnc3c(c1)CNCC3)CC2. The average molecular weight is 312 g/mol. The summed E-state index contributed by atoms with van der Waals surface area (Å²) in [5.74, 6) is 0.941. The molecule has 120 valence electrons. The normalized spacial score (nSPS) is 16.7. The van der Waals surface area contributed by atoms with Crippen molar-refractivity contribution in [3.63, 3.8) is 0 Å². The van der Waals surface area contributed by atoms with Gasteiger partial charge in [-0.15, -0.1) is 0 Å². The number of imidazole rings is 1. The Morgan fingerprint density at radius 2 is 2.30 bits per heavy atom. The van der Waals surface area contributed by atoms with Crippen LogP contribution in [0.2, 0.25) is 0 Å². The van der Waals surface area contributed by atoms with E-state index in [-0.39, 0.29) is 6.03 Å². The maximum absolute atomic E-state index is 12.5. The number of amides is 2. The van der Waals surface area contributed by atoms with Crippen LogP contribution in [-0.2, 0) is 26.1 Å². The van der Waals surface area contributed by atoms with E-state index in [2.05, 4.69) is 25.2 Å². The van der Waals surface area contributed by atoms with Crippen molar-refractivity contribution in [3.05, 3.63) is 41.2 Å². The number of hydrogen-bond acceptors (Lipinski definition) is 4. The molecular weight excluding hydrogens is 292 g/mol. The summed E-state index contributed by atoms with van der Waals surface area (Å²) in [6, 6.07) is 1.92. The lowest BCUT2D eigenvalue weighted by Gasteiger charge is -2.28. The molecule has 2 aliphatic heterocycles. The molecule has 7 nitrogen and oxygen atoms in total. The zero-order valence-electron chi connectivity index (χ0n) is 13.2. The Hall–Kier alpha value is -2.41.